The molecule has 122 valence electrons. The molecule has 2 heterocycles. The van der Waals surface area contributed by atoms with Crippen LogP contribution in [0.3, 0.4) is 0 Å². The molecule has 1 saturated heterocycles. The van der Waals surface area contributed by atoms with E-state index in [2.05, 4.69) is 20.7 Å². The van der Waals surface area contributed by atoms with Crippen molar-refractivity contribution < 1.29 is 13.2 Å². The smallest absolute Gasteiger partial charge is 0.250 e. The second-order valence-electron chi connectivity index (χ2n) is 5.35. The average molecular weight is 415 g/mol. The van der Waals surface area contributed by atoms with Crippen molar-refractivity contribution in [1.82, 2.24) is 4.72 Å². The van der Waals surface area contributed by atoms with E-state index in [1.807, 2.05) is 31.2 Å². The van der Waals surface area contributed by atoms with Crippen molar-refractivity contribution in [1.29, 1.82) is 0 Å². The summed E-state index contributed by atoms with van der Waals surface area (Å²) in [7, 11) is -3.68. The van der Waals surface area contributed by atoms with Crippen LogP contribution in [0.25, 0.3) is 0 Å². The standard InChI is InChI=1S/C15H15BrN2O3S2/c1-10-2-4-11(5-3-10)18-9-8-12(15(18)19)17-23(20,21)14-7-6-13(16)22-14/h2-7,12,17H,8-9H2,1H3/t12-/m0/s1. The number of hydrogen-bond donors (Lipinski definition) is 1. The van der Waals surface area contributed by atoms with Gasteiger partial charge in [0.15, 0.2) is 0 Å². The van der Waals surface area contributed by atoms with Gasteiger partial charge in [-0.3, -0.25) is 4.79 Å². The lowest BCUT2D eigenvalue weighted by Crippen LogP contribution is -2.41. The molecular weight excluding hydrogens is 400 g/mol. The number of nitrogens with one attached hydrogen (secondary N) is 1. The maximum Gasteiger partial charge on any atom is 0.250 e. The number of aryl methyl sites for hydroxylation is 1. The number of rotatable bonds is 4. The Morgan fingerprint density at radius 3 is 2.52 bits per heavy atom. The fourth-order valence-electron chi connectivity index (χ4n) is 2.46. The number of hydrogen-bond acceptors (Lipinski definition) is 4. The number of carbonyl (C=O) groups is 1. The van der Waals surface area contributed by atoms with Gasteiger partial charge in [-0.05, 0) is 53.5 Å². The molecule has 1 aliphatic heterocycles. The number of halogens is 1. The highest BCUT2D eigenvalue weighted by molar-refractivity contribution is 9.11. The molecule has 1 aromatic heterocycles. The first-order valence-corrected chi connectivity index (χ1v) is 10.1. The Morgan fingerprint density at radius 2 is 1.91 bits per heavy atom. The van der Waals surface area contributed by atoms with Crippen LogP contribution in [0.5, 0.6) is 0 Å². The monoisotopic (exact) mass is 414 g/mol. The Labute approximate surface area is 147 Å². The molecule has 1 fully saturated rings. The lowest BCUT2D eigenvalue weighted by atomic mass is 10.2. The number of thiophene rings is 1. The molecule has 8 heteroatoms. The highest BCUT2D eigenvalue weighted by Gasteiger charge is 2.36. The van der Waals surface area contributed by atoms with Gasteiger partial charge in [-0.1, -0.05) is 17.7 Å². The molecule has 2 aromatic rings. The van der Waals surface area contributed by atoms with Crippen LogP contribution >= 0.6 is 27.3 Å². The van der Waals surface area contributed by atoms with E-state index in [4.69, 9.17) is 0 Å². The van der Waals surface area contributed by atoms with E-state index < -0.39 is 16.1 Å². The zero-order chi connectivity index (χ0) is 16.6. The first-order valence-electron chi connectivity index (χ1n) is 7.02. The van der Waals surface area contributed by atoms with Gasteiger partial charge < -0.3 is 4.90 Å². The summed E-state index contributed by atoms with van der Waals surface area (Å²) in [5, 5.41) is 0. The van der Waals surface area contributed by atoms with E-state index in [0.29, 0.717) is 13.0 Å². The van der Waals surface area contributed by atoms with Crippen LogP contribution < -0.4 is 9.62 Å². The van der Waals surface area contributed by atoms with Crippen molar-refractivity contribution >= 4 is 48.9 Å². The van der Waals surface area contributed by atoms with E-state index in [1.165, 1.54) is 6.07 Å². The van der Waals surface area contributed by atoms with Gasteiger partial charge in [-0.2, -0.15) is 4.72 Å². The van der Waals surface area contributed by atoms with E-state index >= 15 is 0 Å². The second-order valence-corrected chi connectivity index (χ2v) is 9.75. The summed E-state index contributed by atoms with van der Waals surface area (Å²) in [6.45, 7) is 2.48. The summed E-state index contributed by atoms with van der Waals surface area (Å²) in [4.78, 5) is 14.1. The van der Waals surface area contributed by atoms with Crippen molar-refractivity contribution in [3.63, 3.8) is 0 Å². The number of carbonyl (C=O) groups excluding carboxylic acids is 1. The highest BCUT2D eigenvalue weighted by Crippen LogP contribution is 2.27. The largest absolute Gasteiger partial charge is 0.311 e. The van der Waals surface area contributed by atoms with Crippen LogP contribution in [0, 0.1) is 6.92 Å². The quantitative estimate of drug-likeness (QED) is 0.835. The predicted octanol–water partition coefficient (Wildman–Crippen LogP) is 2.90. The minimum Gasteiger partial charge on any atom is -0.311 e. The molecule has 0 unspecified atom stereocenters. The van der Waals surface area contributed by atoms with Gasteiger partial charge in [0, 0.05) is 12.2 Å². The third-order valence-electron chi connectivity index (χ3n) is 3.66. The summed E-state index contributed by atoms with van der Waals surface area (Å²) >= 11 is 4.37. The van der Waals surface area contributed by atoms with E-state index in [1.54, 1.807) is 11.0 Å². The maximum absolute atomic E-state index is 12.5. The molecule has 1 atom stereocenters. The van der Waals surface area contributed by atoms with Crippen molar-refractivity contribution in [2.45, 2.75) is 23.6 Å². The van der Waals surface area contributed by atoms with Gasteiger partial charge in [0.25, 0.3) is 10.0 Å². The first-order chi connectivity index (χ1) is 10.9. The molecule has 1 amide bonds. The molecule has 23 heavy (non-hydrogen) atoms. The Hall–Kier alpha value is -1.22. The van der Waals surface area contributed by atoms with Crippen LogP contribution in [0.2, 0.25) is 0 Å². The molecule has 1 aromatic carbocycles. The van der Waals surface area contributed by atoms with Gasteiger partial charge in [-0.15, -0.1) is 11.3 Å². The number of sulfonamides is 1. The molecule has 1 N–H and O–H groups in total. The molecule has 0 spiro atoms. The van der Waals surface area contributed by atoms with Crippen LogP contribution in [-0.4, -0.2) is 26.9 Å². The Bertz CT molecular complexity index is 831. The lowest BCUT2D eigenvalue weighted by molar-refractivity contribution is -0.118. The SMILES string of the molecule is Cc1ccc(N2CC[C@H](NS(=O)(=O)c3ccc(Br)s3)C2=O)cc1. The summed E-state index contributed by atoms with van der Waals surface area (Å²) in [6, 6.07) is 10.1. The molecule has 0 aliphatic carbocycles. The zero-order valence-electron chi connectivity index (χ0n) is 12.3. The fraction of sp³-hybridized carbons (Fsp3) is 0.267. The van der Waals surface area contributed by atoms with Crippen LogP contribution in [0.1, 0.15) is 12.0 Å². The van der Waals surface area contributed by atoms with Gasteiger partial charge in [-0.25, -0.2) is 8.42 Å². The topological polar surface area (TPSA) is 66.5 Å². The molecule has 0 bridgehead atoms. The second kappa shape index (κ2) is 6.35. The third-order valence-corrected chi connectivity index (χ3v) is 7.25. The molecule has 5 nitrogen and oxygen atoms in total. The number of anilines is 1. The average Bonchev–Trinajstić information content (AvgIpc) is 3.08. The predicted molar refractivity (Wildman–Crippen MR) is 94.3 cm³/mol. The van der Waals surface area contributed by atoms with E-state index in [-0.39, 0.29) is 10.1 Å². The normalized spacial score (nSPS) is 18.6. The van der Waals surface area contributed by atoms with E-state index in [0.717, 1.165) is 26.4 Å². The zero-order valence-corrected chi connectivity index (χ0v) is 15.5. The summed E-state index contributed by atoms with van der Waals surface area (Å²) in [6.07, 6.45) is 0.457. The first kappa shape index (κ1) is 16.6. The number of nitrogens with zero attached hydrogens (tertiary/aromatic N) is 1. The van der Waals surface area contributed by atoms with Gasteiger partial charge in [0.2, 0.25) is 5.91 Å². The minimum absolute atomic E-state index is 0.200. The van der Waals surface area contributed by atoms with Gasteiger partial charge in [0.1, 0.15) is 10.3 Å². The van der Waals surface area contributed by atoms with Crippen molar-refractivity contribution in [2.24, 2.45) is 0 Å². The Kier molecular flexibility index (Phi) is 4.59. The van der Waals surface area contributed by atoms with Crippen LogP contribution in [0.15, 0.2) is 44.4 Å². The number of benzene rings is 1. The Balaban J connectivity index is 1.76. The van der Waals surface area contributed by atoms with Crippen LogP contribution in [0.4, 0.5) is 5.69 Å². The highest BCUT2D eigenvalue weighted by atomic mass is 79.9. The van der Waals surface area contributed by atoms with Crippen LogP contribution in [-0.2, 0) is 14.8 Å². The molecular formula is C15H15BrN2O3S2. The summed E-state index contributed by atoms with van der Waals surface area (Å²) in [5.41, 5.74) is 1.90. The number of amides is 1. The van der Waals surface area contributed by atoms with Gasteiger partial charge >= 0.3 is 0 Å². The third kappa shape index (κ3) is 3.50. The molecule has 0 saturated carbocycles. The molecule has 3 rings (SSSR count). The Morgan fingerprint density at radius 1 is 1.22 bits per heavy atom. The lowest BCUT2D eigenvalue weighted by Gasteiger charge is -2.17. The molecule has 0 radical (unpaired) electrons. The maximum atomic E-state index is 12.5. The molecule has 1 aliphatic rings. The van der Waals surface area contributed by atoms with E-state index in [9.17, 15) is 13.2 Å². The minimum atomic E-state index is -3.68. The van der Waals surface area contributed by atoms with Gasteiger partial charge in [0.05, 0.1) is 3.79 Å². The summed E-state index contributed by atoms with van der Waals surface area (Å²) < 4.78 is 28.1. The fourth-order valence-corrected chi connectivity index (χ4v) is 5.71. The summed E-state index contributed by atoms with van der Waals surface area (Å²) in [5.74, 6) is -0.215. The van der Waals surface area contributed by atoms with Crippen molar-refractivity contribution in [3.8, 4) is 0 Å². The van der Waals surface area contributed by atoms with Crippen molar-refractivity contribution in [2.75, 3.05) is 11.4 Å². The van der Waals surface area contributed by atoms with Crippen molar-refractivity contribution in [3.05, 3.63) is 45.7 Å².